The molecule has 0 fully saturated rings. The van der Waals surface area contributed by atoms with E-state index in [2.05, 4.69) is 9.72 Å². The number of rotatable bonds is 4. The summed E-state index contributed by atoms with van der Waals surface area (Å²) in [5.41, 5.74) is 5.84. The molecule has 0 aliphatic heterocycles. The van der Waals surface area contributed by atoms with Crippen molar-refractivity contribution in [1.29, 1.82) is 0 Å². The van der Waals surface area contributed by atoms with Crippen LogP contribution >= 0.6 is 22.6 Å². The van der Waals surface area contributed by atoms with Gasteiger partial charge in [-0.2, -0.15) is 0 Å². The number of aromatic nitrogens is 1. The lowest BCUT2D eigenvalue weighted by Crippen LogP contribution is -2.11. The minimum Gasteiger partial charge on any atom is -0.469 e. The fraction of sp³-hybridized carbons (Fsp3) is 0.400. The minimum atomic E-state index is -2.67. The number of hydrogen-bond acceptors (Lipinski definition) is 4. The maximum absolute atomic E-state index is 12.6. The highest BCUT2D eigenvalue weighted by molar-refractivity contribution is 14.1. The molecule has 2 N–H and O–H groups in total. The quantitative estimate of drug-likeness (QED) is 0.508. The molecule has 0 unspecified atom stereocenters. The number of ether oxygens (including phenoxy) is 1. The van der Waals surface area contributed by atoms with Crippen LogP contribution in [0.1, 0.15) is 23.2 Å². The second-order valence-electron chi connectivity index (χ2n) is 3.24. The summed E-state index contributed by atoms with van der Waals surface area (Å²) in [6, 6.07) is 1.48. The van der Waals surface area contributed by atoms with Crippen LogP contribution in [0.5, 0.6) is 0 Å². The second kappa shape index (κ2) is 6.20. The molecule has 0 amide bonds. The van der Waals surface area contributed by atoms with E-state index >= 15 is 0 Å². The zero-order chi connectivity index (χ0) is 13.0. The van der Waals surface area contributed by atoms with Gasteiger partial charge in [0.25, 0.3) is 6.43 Å². The zero-order valence-electron chi connectivity index (χ0n) is 9.04. The number of methoxy groups -OCH3 is 1. The smallest absolute Gasteiger partial charge is 0.310 e. The third-order valence-electron chi connectivity index (χ3n) is 2.15. The first-order chi connectivity index (χ1) is 7.99. The Morgan fingerprint density at radius 1 is 1.59 bits per heavy atom. The molecule has 7 heteroatoms. The van der Waals surface area contributed by atoms with Crippen molar-refractivity contribution < 1.29 is 18.3 Å². The van der Waals surface area contributed by atoms with Gasteiger partial charge in [-0.1, -0.05) is 0 Å². The van der Waals surface area contributed by atoms with E-state index in [1.807, 2.05) is 22.6 Å². The van der Waals surface area contributed by atoms with Crippen LogP contribution in [0.25, 0.3) is 0 Å². The standard InChI is InChI=1S/C10H11F2IN2O2/c1-17-7(16)3-5-2-6(4-14)8(9(11)12)15-10(5)13/h2,9H,3-4,14H2,1H3. The number of nitrogens with zero attached hydrogens (tertiary/aromatic N) is 1. The molecule has 0 radical (unpaired) electrons. The molecule has 1 rings (SSSR count). The van der Waals surface area contributed by atoms with Crippen LogP contribution in [0.4, 0.5) is 8.78 Å². The summed E-state index contributed by atoms with van der Waals surface area (Å²) in [4.78, 5) is 14.9. The van der Waals surface area contributed by atoms with Crippen molar-refractivity contribution in [2.24, 2.45) is 5.73 Å². The van der Waals surface area contributed by atoms with Crippen molar-refractivity contribution in [2.75, 3.05) is 7.11 Å². The molecular formula is C10H11F2IN2O2. The molecule has 0 aromatic carbocycles. The normalized spacial score (nSPS) is 10.7. The monoisotopic (exact) mass is 356 g/mol. The average Bonchev–Trinajstić information content (AvgIpc) is 2.30. The highest BCUT2D eigenvalue weighted by Gasteiger charge is 2.18. The Morgan fingerprint density at radius 3 is 2.71 bits per heavy atom. The lowest BCUT2D eigenvalue weighted by atomic mass is 10.1. The minimum absolute atomic E-state index is 0.00170. The van der Waals surface area contributed by atoms with E-state index in [0.29, 0.717) is 9.26 Å². The number of carbonyl (C=O) groups is 1. The summed E-state index contributed by atoms with van der Waals surface area (Å²) >= 11 is 1.81. The third-order valence-corrected chi connectivity index (χ3v) is 3.08. The fourth-order valence-electron chi connectivity index (χ4n) is 1.30. The second-order valence-corrected chi connectivity index (χ2v) is 4.26. The van der Waals surface area contributed by atoms with Crippen LogP contribution in [0.2, 0.25) is 0 Å². The van der Waals surface area contributed by atoms with Gasteiger partial charge >= 0.3 is 5.97 Å². The Hall–Kier alpha value is -0.830. The van der Waals surface area contributed by atoms with Gasteiger partial charge < -0.3 is 10.5 Å². The van der Waals surface area contributed by atoms with Crippen LogP contribution in [0.3, 0.4) is 0 Å². The predicted octanol–water partition coefficient (Wildman–Crippen LogP) is 1.80. The Labute approximate surface area is 111 Å². The van der Waals surface area contributed by atoms with Gasteiger partial charge in [-0.05, 0) is 39.8 Å². The third kappa shape index (κ3) is 3.56. The zero-order valence-corrected chi connectivity index (χ0v) is 11.2. The summed E-state index contributed by atoms with van der Waals surface area (Å²) in [6.45, 7) is -0.0439. The highest BCUT2D eigenvalue weighted by Crippen LogP contribution is 2.24. The van der Waals surface area contributed by atoms with Gasteiger partial charge in [0.05, 0.1) is 13.5 Å². The molecule has 0 saturated heterocycles. The number of pyridine rings is 1. The first kappa shape index (κ1) is 14.2. The summed E-state index contributed by atoms with van der Waals surface area (Å²) < 4.78 is 30.2. The van der Waals surface area contributed by atoms with Crippen LogP contribution in [-0.2, 0) is 22.5 Å². The average molecular weight is 356 g/mol. The van der Waals surface area contributed by atoms with Crippen molar-refractivity contribution in [2.45, 2.75) is 19.4 Å². The van der Waals surface area contributed by atoms with E-state index < -0.39 is 12.4 Å². The maximum atomic E-state index is 12.6. The molecule has 0 saturated carbocycles. The Kier molecular flexibility index (Phi) is 5.19. The van der Waals surface area contributed by atoms with Gasteiger partial charge in [0, 0.05) is 6.54 Å². The molecular weight excluding hydrogens is 345 g/mol. The molecule has 0 atom stereocenters. The summed E-state index contributed by atoms with van der Waals surface area (Å²) in [7, 11) is 1.26. The summed E-state index contributed by atoms with van der Waals surface area (Å²) in [5, 5.41) is 0. The van der Waals surface area contributed by atoms with Crippen LogP contribution in [0, 0.1) is 3.70 Å². The van der Waals surface area contributed by atoms with Gasteiger partial charge in [-0.15, -0.1) is 0 Å². The topological polar surface area (TPSA) is 65.2 Å². The first-order valence-electron chi connectivity index (χ1n) is 4.72. The van der Waals surface area contributed by atoms with E-state index in [0.717, 1.165) is 0 Å². The fourth-order valence-corrected chi connectivity index (χ4v) is 1.90. The molecule has 0 spiro atoms. The molecule has 94 valence electrons. The molecule has 1 aromatic rings. The number of carbonyl (C=O) groups excluding carboxylic acids is 1. The highest BCUT2D eigenvalue weighted by atomic mass is 127. The molecule has 1 aromatic heterocycles. The predicted molar refractivity (Wildman–Crippen MR) is 65.5 cm³/mol. The van der Waals surface area contributed by atoms with Crippen molar-refractivity contribution >= 4 is 28.6 Å². The number of esters is 1. The molecule has 17 heavy (non-hydrogen) atoms. The lowest BCUT2D eigenvalue weighted by molar-refractivity contribution is -0.139. The van der Waals surface area contributed by atoms with Gasteiger partial charge in [-0.25, -0.2) is 13.8 Å². The number of alkyl halides is 2. The molecule has 0 aliphatic rings. The lowest BCUT2D eigenvalue weighted by Gasteiger charge is -2.10. The molecule has 1 heterocycles. The van der Waals surface area contributed by atoms with E-state index in [-0.39, 0.29) is 24.2 Å². The molecule has 0 bridgehead atoms. The maximum Gasteiger partial charge on any atom is 0.310 e. The Balaban J connectivity index is 3.13. The molecule has 4 nitrogen and oxygen atoms in total. The number of halogens is 3. The van der Waals surface area contributed by atoms with E-state index in [4.69, 9.17) is 5.73 Å². The van der Waals surface area contributed by atoms with Crippen molar-refractivity contribution in [3.05, 3.63) is 26.6 Å². The SMILES string of the molecule is COC(=O)Cc1cc(CN)c(C(F)F)nc1I. The molecule has 0 aliphatic carbocycles. The Morgan fingerprint density at radius 2 is 2.24 bits per heavy atom. The van der Waals surface area contributed by atoms with Crippen molar-refractivity contribution in [1.82, 2.24) is 4.98 Å². The van der Waals surface area contributed by atoms with Crippen molar-refractivity contribution in [3.8, 4) is 0 Å². The first-order valence-corrected chi connectivity index (χ1v) is 5.80. The largest absolute Gasteiger partial charge is 0.469 e. The number of nitrogens with two attached hydrogens (primary N) is 1. The number of hydrogen-bond donors (Lipinski definition) is 1. The van der Waals surface area contributed by atoms with Crippen LogP contribution in [0.15, 0.2) is 6.07 Å². The summed E-state index contributed by atoms with van der Waals surface area (Å²) in [5.74, 6) is -0.447. The Bertz CT molecular complexity index is 427. The van der Waals surface area contributed by atoms with Gasteiger partial charge in [0.15, 0.2) is 0 Å². The van der Waals surface area contributed by atoms with Crippen molar-refractivity contribution in [3.63, 3.8) is 0 Å². The summed E-state index contributed by atoms with van der Waals surface area (Å²) in [6.07, 6.45) is -2.67. The van der Waals surface area contributed by atoms with E-state index in [1.165, 1.54) is 13.2 Å². The van der Waals surface area contributed by atoms with Gasteiger partial charge in [0.1, 0.15) is 9.39 Å². The van der Waals surface area contributed by atoms with Gasteiger partial charge in [-0.3, -0.25) is 4.79 Å². The van der Waals surface area contributed by atoms with Gasteiger partial charge in [0.2, 0.25) is 0 Å². The van der Waals surface area contributed by atoms with E-state index in [9.17, 15) is 13.6 Å². The van der Waals surface area contributed by atoms with Crippen LogP contribution in [-0.4, -0.2) is 18.1 Å². The van der Waals surface area contributed by atoms with Crippen LogP contribution < -0.4 is 5.73 Å². The van der Waals surface area contributed by atoms with E-state index in [1.54, 1.807) is 0 Å².